The molecule has 30 heavy (non-hydrogen) atoms. The van der Waals surface area contributed by atoms with Gasteiger partial charge >= 0.3 is 0 Å². The predicted molar refractivity (Wildman–Crippen MR) is 119 cm³/mol. The number of thioether (sulfide) groups is 1. The van der Waals surface area contributed by atoms with Crippen molar-refractivity contribution in [2.75, 3.05) is 20.8 Å². The van der Waals surface area contributed by atoms with E-state index in [0.29, 0.717) is 35.4 Å². The van der Waals surface area contributed by atoms with Crippen molar-refractivity contribution in [1.29, 1.82) is 0 Å². The zero-order valence-electron chi connectivity index (χ0n) is 16.7. The van der Waals surface area contributed by atoms with Crippen LogP contribution >= 0.6 is 23.4 Å². The van der Waals surface area contributed by atoms with E-state index in [1.807, 2.05) is 48.5 Å². The van der Waals surface area contributed by atoms with E-state index in [1.54, 1.807) is 14.2 Å². The highest BCUT2D eigenvalue weighted by Gasteiger charge is 2.14. The van der Waals surface area contributed by atoms with E-state index in [4.69, 9.17) is 21.1 Å². The Balaban J connectivity index is 1.58. The van der Waals surface area contributed by atoms with E-state index in [2.05, 4.69) is 15.3 Å². The summed E-state index contributed by atoms with van der Waals surface area (Å²) in [6.45, 7) is 0.432. The molecule has 2 aromatic carbocycles. The second-order valence-electron chi connectivity index (χ2n) is 6.32. The maximum atomic E-state index is 12.6. The van der Waals surface area contributed by atoms with Crippen molar-refractivity contribution in [3.05, 3.63) is 76.6 Å². The van der Waals surface area contributed by atoms with Gasteiger partial charge < -0.3 is 14.8 Å². The Morgan fingerprint density at radius 2 is 1.83 bits per heavy atom. The topological polar surface area (TPSA) is 73.3 Å². The van der Waals surface area contributed by atoms with E-state index < -0.39 is 0 Å². The van der Waals surface area contributed by atoms with Crippen LogP contribution in [-0.2, 0) is 12.2 Å². The number of amides is 1. The lowest BCUT2D eigenvalue weighted by molar-refractivity contribution is 0.0948. The quantitative estimate of drug-likeness (QED) is 0.390. The third-order valence-corrected chi connectivity index (χ3v) is 5.50. The maximum Gasteiger partial charge on any atom is 0.271 e. The molecule has 0 unspecified atom stereocenters. The van der Waals surface area contributed by atoms with Crippen LogP contribution < -0.4 is 14.8 Å². The van der Waals surface area contributed by atoms with Crippen LogP contribution in [0.3, 0.4) is 0 Å². The largest absolute Gasteiger partial charge is 0.493 e. The van der Waals surface area contributed by atoms with E-state index in [9.17, 15) is 4.79 Å². The van der Waals surface area contributed by atoms with Crippen LogP contribution in [0.2, 0.25) is 5.02 Å². The molecule has 6 nitrogen and oxygen atoms in total. The van der Waals surface area contributed by atoms with Crippen molar-refractivity contribution in [3.63, 3.8) is 0 Å². The normalized spacial score (nSPS) is 10.5. The molecule has 0 spiro atoms. The molecular weight excluding hydrogens is 422 g/mol. The van der Waals surface area contributed by atoms with E-state index in [0.717, 1.165) is 11.1 Å². The first-order valence-corrected chi connectivity index (χ1v) is 10.7. The second-order valence-corrected chi connectivity index (χ2v) is 7.67. The molecule has 0 saturated heterocycles. The molecule has 0 bridgehead atoms. The summed E-state index contributed by atoms with van der Waals surface area (Å²) < 4.78 is 10.5. The van der Waals surface area contributed by atoms with Gasteiger partial charge in [0.15, 0.2) is 22.3 Å². The minimum absolute atomic E-state index is 0.175. The number of halogens is 1. The zero-order valence-corrected chi connectivity index (χ0v) is 18.3. The summed E-state index contributed by atoms with van der Waals surface area (Å²) in [4.78, 5) is 21.1. The number of benzene rings is 2. The highest BCUT2D eigenvalue weighted by atomic mass is 35.5. The van der Waals surface area contributed by atoms with Crippen LogP contribution in [0, 0.1) is 0 Å². The number of aromatic nitrogens is 2. The molecule has 0 saturated carbocycles. The van der Waals surface area contributed by atoms with E-state index in [-0.39, 0.29) is 16.6 Å². The third-order valence-electron chi connectivity index (χ3n) is 4.30. The smallest absolute Gasteiger partial charge is 0.271 e. The van der Waals surface area contributed by atoms with Gasteiger partial charge in [0.05, 0.1) is 25.4 Å². The molecule has 0 atom stereocenters. The maximum absolute atomic E-state index is 12.6. The van der Waals surface area contributed by atoms with Crippen LogP contribution in [0.15, 0.2) is 59.9 Å². The van der Waals surface area contributed by atoms with Gasteiger partial charge in [-0.3, -0.25) is 4.79 Å². The average molecular weight is 444 g/mol. The number of hydrogen-bond acceptors (Lipinski definition) is 6. The molecule has 156 valence electrons. The van der Waals surface area contributed by atoms with Crippen molar-refractivity contribution in [3.8, 4) is 11.5 Å². The molecule has 8 heteroatoms. The Morgan fingerprint density at radius 1 is 1.07 bits per heavy atom. The minimum atomic E-state index is -0.329. The first-order valence-electron chi connectivity index (χ1n) is 9.29. The molecule has 0 fully saturated rings. The Labute approximate surface area is 185 Å². The number of rotatable bonds is 9. The van der Waals surface area contributed by atoms with Crippen LogP contribution in [-0.4, -0.2) is 36.6 Å². The number of nitrogens with one attached hydrogen (secondary N) is 1. The van der Waals surface area contributed by atoms with Gasteiger partial charge in [0, 0.05) is 12.3 Å². The monoisotopic (exact) mass is 443 g/mol. The van der Waals surface area contributed by atoms with Crippen molar-refractivity contribution in [2.45, 2.75) is 17.3 Å². The lowest BCUT2D eigenvalue weighted by Crippen LogP contribution is -2.27. The molecule has 1 heterocycles. The van der Waals surface area contributed by atoms with Gasteiger partial charge in [0.2, 0.25) is 0 Å². The Kier molecular flexibility index (Phi) is 7.93. The van der Waals surface area contributed by atoms with Crippen LogP contribution in [0.4, 0.5) is 0 Å². The van der Waals surface area contributed by atoms with Gasteiger partial charge in [-0.05, 0) is 29.7 Å². The van der Waals surface area contributed by atoms with Gasteiger partial charge in [-0.1, -0.05) is 59.8 Å². The van der Waals surface area contributed by atoms with Crippen molar-refractivity contribution in [2.24, 2.45) is 0 Å². The molecule has 0 radical (unpaired) electrons. The van der Waals surface area contributed by atoms with E-state index in [1.165, 1.54) is 18.0 Å². The highest BCUT2D eigenvalue weighted by Crippen LogP contribution is 2.27. The molecule has 0 aliphatic heterocycles. The first kappa shape index (κ1) is 21.9. The van der Waals surface area contributed by atoms with E-state index >= 15 is 0 Å². The van der Waals surface area contributed by atoms with Crippen molar-refractivity contribution < 1.29 is 14.3 Å². The summed E-state index contributed by atoms with van der Waals surface area (Å²) in [7, 11) is 3.18. The lowest BCUT2D eigenvalue weighted by Gasteiger charge is -2.10. The minimum Gasteiger partial charge on any atom is -0.493 e. The molecule has 0 aliphatic carbocycles. The van der Waals surface area contributed by atoms with Gasteiger partial charge in [0.1, 0.15) is 0 Å². The number of carbonyl (C=O) groups is 1. The number of carbonyl (C=O) groups excluding carboxylic acids is 1. The summed E-state index contributed by atoms with van der Waals surface area (Å²) in [5.74, 6) is 1.70. The summed E-state index contributed by atoms with van der Waals surface area (Å²) >= 11 is 7.61. The number of methoxy groups -OCH3 is 2. The fourth-order valence-electron chi connectivity index (χ4n) is 2.74. The summed E-state index contributed by atoms with van der Waals surface area (Å²) in [6.07, 6.45) is 2.09. The Morgan fingerprint density at radius 3 is 2.57 bits per heavy atom. The Bertz CT molecular complexity index is 1000. The van der Waals surface area contributed by atoms with Crippen LogP contribution in [0.1, 0.15) is 21.6 Å². The van der Waals surface area contributed by atoms with Crippen molar-refractivity contribution in [1.82, 2.24) is 15.3 Å². The first-order chi connectivity index (χ1) is 14.6. The van der Waals surface area contributed by atoms with Gasteiger partial charge in [-0.2, -0.15) is 0 Å². The van der Waals surface area contributed by atoms with Crippen LogP contribution in [0.25, 0.3) is 0 Å². The summed E-state index contributed by atoms with van der Waals surface area (Å²) in [6, 6.07) is 15.7. The number of hydrogen-bond donors (Lipinski definition) is 1. The predicted octanol–water partition coefficient (Wildman–Crippen LogP) is 4.41. The summed E-state index contributed by atoms with van der Waals surface area (Å²) in [5, 5.41) is 3.59. The van der Waals surface area contributed by atoms with Crippen LogP contribution in [0.5, 0.6) is 11.5 Å². The molecule has 1 N–H and O–H groups in total. The fourth-order valence-corrected chi connectivity index (χ4v) is 3.69. The molecule has 0 aliphatic rings. The highest BCUT2D eigenvalue weighted by molar-refractivity contribution is 7.98. The molecule has 3 rings (SSSR count). The number of nitrogens with zero attached hydrogens (tertiary/aromatic N) is 2. The SMILES string of the molecule is COc1ccc(CCNC(=O)c2nc(SCc3ccccc3)ncc2Cl)cc1OC. The average Bonchev–Trinajstić information content (AvgIpc) is 2.79. The Hall–Kier alpha value is -2.77. The standard InChI is InChI=1S/C22H22ClN3O3S/c1-28-18-9-8-15(12-19(18)29-2)10-11-24-21(27)20-17(23)13-25-22(26-20)30-14-16-6-4-3-5-7-16/h3-9,12-13H,10-11,14H2,1-2H3,(H,24,27). The fraction of sp³-hybridized carbons (Fsp3) is 0.227. The number of ether oxygens (including phenoxy) is 2. The zero-order chi connectivity index (χ0) is 21.3. The van der Waals surface area contributed by atoms with Gasteiger partial charge in [-0.15, -0.1) is 0 Å². The van der Waals surface area contributed by atoms with Gasteiger partial charge in [0.25, 0.3) is 5.91 Å². The molecule has 1 aromatic heterocycles. The van der Waals surface area contributed by atoms with Gasteiger partial charge in [-0.25, -0.2) is 9.97 Å². The lowest BCUT2D eigenvalue weighted by atomic mass is 10.1. The summed E-state index contributed by atoms with van der Waals surface area (Å²) in [5.41, 5.74) is 2.34. The molecule has 3 aromatic rings. The molecule has 1 amide bonds. The molecular formula is C22H22ClN3O3S. The third kappa shape index (κ3) is 5.87. The van der Waals surface area contributed by atoms with Crippen molar-refractivity contribution >= 4 is 29.3 Å². The second kappa shape index (κ2) is 10.8.